The third kappa shape index (κ3) is 5.72. The maximum atomic E-state index is 11.9. The monoisotopic (exact) mass is 266 g/mol. The van der Waals surface area contributed by atoms with Crippen LogP contribution in [0.2, 0.25) is 0 Å². The molecule has 0 heterocycles. The predicted octanol–water partition coefficient (Wildman–Crippen LogP) is 1.34. The highest BCUT2D eigenvalue weighted by Gasteiger charge is 2.11. The van der Waals surface area contributed by atoms with E-state index in [1.54, 1.807) is 24.9 Å². The number of aliphatic hydroxyl groups excluding tert-OH is 1. The molecule has 5 nitrogen and oxygen atoms in total. The minimum atomic E-state index is -0.450. The van der Waals surface area contributed by atoms with Gasteiger partial charge in [0.1, 0.15) is 5.75 Å². The highest BCUT2D eigenvalue weighted by Crippen LogP contribution is 2.23. The molecule has 0 fully saturated rings. The summed E-state index contributed by atoms with van der Waals surface area (Å²) in [6.07, 6.45) is -0.450. The van der Waals surface area contributed by atoms with Crippen LogP contribution in [-0.4, -0.2) is 48.8 Å². The highest BCUT2D eigenvalue weighted by atomic mass is 16.5. The molecular formula is C14H22N2O3. The second kappa shape index (κ2) is 7.76. The van der Waals surface area contributed by atoms with E-state index in [1.807, 2.05) is 25.1 Å². The standard InChI is InChI=1S/C14H22N2O3/c1-4-19-13-8-6-5-7-12(13)15-14(18)10-16(3)9-11(2)17/h5-8,11,17H,4,9-10H2,1-3H3,(H,15,18). The van der Waals surface area contributed by atoms with Crippen LogP contribution in [0.15, 0.2) is 24.3 Å². The summed E-state index contributed by atoms with van der Waals surface area (Å²) < 4.78 is 5.44. The number of anilines is 1. The second-order valence-electron chi connectivity index (χ2n) is 4.52. The van der Waals surface area contributed by atoms with Gasteiger partial charge < -0.3 is 15.2 Å². The molecular weight excluding hydrogens is 244 g/mol. The van der Waals surface area contributed by atoms with Crippen molar-refractivity contribution in [2.75, 3.05) is 32.1 Å². The topological polar surface area (TPSA) is 61.8 Å². The molecule has 1 unspecified atom stereocenters. The quantitative estimate of drug-likeness (QED) is 0.781. The number of hydrogen-bond donors (Lipinski definition) is 2. The molecule has 0 saturated carbocycles. The molecule has 0 radical (unpaired) electrons. The Morgan fingerprint density at radius 3 is 2.79 bits per heavy atom. The smallest absolute Gasteiger partial charge is 0.238 e. The zero-order valence-corrected chi connectivity index (χ0v) is 11.7. The van der Waals surface area contributed by atoms with Crippen LogP contribution in [0.1, 0.15) is 13.8 Å². The summed E-state index contributed by atoms with van der Waals surface area (Å²) in [6, 6.07) is 7.33. The van der Waals surface area contributed by atoms with Crippen molar-refractivity contribution in [2.24, 2.45) is 0 Å². The van der Waals surface area contributed by atoms with E-state index in [-0.39, 0.29) is 12.5 Å². The van der Waals surface area contributed by atoms with E-state index in [0.717, 1.165) is 0 Å². The zero-order chi connectivity index (χ0) is 14.3. The van der Waals surface area contributed by atoms with Gasteiger partial charge in [0.25, 0.3) is 0 Å². The van der Waals surface area contributed by atoms with Gasteiger partial charge in [0.15, 0.2) is 0 Å². The van der Waals surface area contributed by atoms with Crippen molar-refractivity contribution in [1.29, 1.82) is 0 Å². The lowest BCUT2D eigenvalue weighted by Gasteiger charge is -2.18. The first-order valence-corrected chi connectivity index (χ1v) is 6.41. The van der Waals surface area contributed by atoms with Gasteiger partial charge in [-0.2, -0.15) is 0 Å². The first-order chi connectivity index (χ1) is 9.02. The molecule has 106 valence electrons. The molecule has 0 saturated heterocycles. The summed E-state index contributed by atoms with van der Waals surface area (Å²) in [6.45, 7) is 4.83. The Hall–Kier alpha value is -1.59. The molecule has 0 aliphatic carbocycles. The molecule has 19 heavy (non-hydrogen) atoms. The lowest BCUT2D eigenvalue weighted by molar-refractivity contribution is -0.117. The Morgan fingerprint density at radius 2 is 2.16 bits per heavy atom. The maximum Gasteiger partial charge on any atom is 0.238 e. The fraction of sp³-hybridized carbons (Fsp3) is 0.500. The normalized spacial score (nSPS) is 12.3. The Morgan fingerprint density at radius 1 is 1.47 bits per heavy atom. The number of nitrogens with zero attached hydrogens (tertiary/aromatic N) is 1. The number of likely N-dealkylation sites (N-methyl/N-ethyl adjacent to an activating group) is 1. The molecule has 1 amide bonds. The highest BCUT2D eigenvalue weighted by molar-refractivity contribution is 5.93. The summed E-state index contributed by atoms with van der Waals surface area (Å²) in [7, 11) is 1.79. The Kier molecular flexibility index (Phi) is 6.32. The van der Waals surface area contributed by atoms with Crippen LogP contribution in [0.25, 0.3) is 0 Å². The average Bonchev–Trinajstić information content (AvgIpc) is 2.30. The van der Waals surface area contributed by atoms with E-state index in [9.17, 15) is 9.90 Å². The predicted molar refractivity (Wildman–Crippen MR) is 75.4 cm³/mol. The van der Waals surface area contributed by atoms with E-state index < -0.39 is 6.10 Å². The molecule has 0 spiro atoms. The number of hydrogen-bond acceptors (Lipinski definition) is 4. The average molecular weight is 266 g/mol. The lowest BCUT2D eigenvalue weighted by atomic mass is 10.3. The molecule has 1 aromatic carbocycles. The number of para-hydroxylation sites is 2. The largest absolute Gasteiger partial charge is 0.492 e. The van der Waals surface area contributed by atoms with Crippen molar-refractivity contribution in [1.82, 2.24) is 4.90 Å². The van der Waals surface area contributed by atoms with E-state index >= 15 is 0 Å². The van der Waals surface area contributed by atoms with Gasteiger partial charge in [0.2, 0.25) is 5.91 Å². The van der Waals surface area contributed by atoms with Crippen LogP contribution in [-0.2, 0) is 4.79 Å². The fourth-order valence-corrected chi connectivity index (χ4v) is 1.80. The summed E-state index contributed by atoms with van der Waals surface area (Å²) in [5, 5.41) is 12.1. The third-order valence-corrected chi connectivity index (χ3v) is 2.45. The maximum absolute atomic E-state index is 11.9. The molecule has 2 N–H and O–H groups in total. The summed E-state index contributed by atoms with van der Waals surface area (Å²) in [5.74, 6) is 0.534. The van der Waals surface area contributed by atoms with Crippen molar-refractivity contribution < 1.29 is 14.6 Å². The molecule has 5 heteroatoms. The molecule has 1 rings (SSSR count). The lowest BCUT2D eigenvalue weighted by Crippen LogP contribution is -2.34. The molecule has 0 aromatic heterocycles. The van der Waals surface area contributed by atoms with E-state index in [2.05, 4.69) is 5.32 Å². The number of ether oxygens (including phenoxy) is 1. The van der Waals surface area contributed by atoms with Gasteiger partial charge in [-0.3, -0.25) is 9.69 Å². The van der Waals surface area contributed by atoms with E-state index in [0.29, 0.717) is 24.6 Å². The van der Waals surface area contributed by atoms with Crippen molar-refractivity contribution in [2.45, 2.75) is 20.0 Å². The number of carbonyl (C=O) groups excluding carboxylic acids is 1. The fourth-order valence-electron chi connectivity index (χ4n) is 1.80. The number of carbonyl (C=O) groups is 1. The Balaban J connectivity index is 2.57. The first kappa shape index (κ1) is 15.5. The minimum absolute atomic E-state index is 0.129. The van der Waals surface area contributed by atoms with Crippen molar-refractivity contribution in [3.05, 3.63) is 24.3 Å². The number of amides is 1. The van der Waals surface area contributed by atoms with Crippen LogP contribution in [0.5, 0.6) is 5.75 Å². The van der Waals surface area contributed by atoms with Gasteiger partial charge in [-0.15, -0.1) is 0 Å². The molecule has 0 aliphatic heterocycles. The molecule has 0 bridgehead atoms. The minimum Gasteiger partial charge on any atom is -0.492 e. The van der Waals surface area contributed by atoms with Crippen LogP contribution in [0, 0.1) is 0 Å². The van der Waals surface area contributed by atoms with Gasteiger partial charge in [0, 0.05) is 6.54 Å². The van der Waals surface area contributed by atoms with Crippen LogP contribution in [0.4, 0.5) is 5.69 Å². The first-order valence-electron chi connectivity index (χ1n) is 6.41. The van der Waals surface area contributed by atoms with E-state index in [1.165, 1.54) is 0 Å². The van der Waals surface area contributed by atoms with Crippen LogP contribution < -0.4 is 10.1 Å². The number of nitrogens with one attached hydrogen (secondary N) is 1. The summed E-state index contributed by atoms with van der Waals surface area (Å²) in [5.41, 5.74) is 0.666. The van der Waals surface area contributed by atoms with Gasteiger partial charge in [-0.25, -0.2) is 0 Å². The Bertz CT molecular complexity index is 407. The third-order valence-electron chi connectivity index (χ3n) is 2.45. The van der Waals surface area contributed by atoms with Crippen molar-refractivity contribution >= 4 is 11.6 Å². The van der Waals surface area contributed by atoms with Crippen molar-refractivity contribution in [3.8, 4) is 5.75 Å². The molecule has 1 atom stereocenters. The zero-order valence-electron chi connectivity index (χ0n) is 11.7. The summed E-state index contributed by atoms with van der Waals surface area (Å²) in [4.78, 5) is 13.6. The van der Waals surface area contributed by atoms with Gasteiger partial charge in [-0.1, -0.05) is 12.1 Å². The van der Waals surface area contributed by atoms with E-state index in [4.69, 9.17) is 4.74 Å². The second-order valence-corrected chi connectivity index (χ2v) is 4.52. The number of rotatable bonds is 7. The van der Waals surface area contributed by atoms with Gasteiger partial charge in [-0.05, 0) is 33.0 Å². The van der Waals surface area contributed by atoms with Crippen LogP contribution in [0.3, 0.4) is 0 Å². The Labute approximate surface area is 114 Å². The van der Waals surface area contributed by atoms with Crippen LogP contribution >= 0.6 is 0 Å². The molecule has 0 aliphatic rings. The number of benzene rings is 1. The number of aliphatic hydroxyl groups is 1. The van der Waals surface area contributed by atoms with Gasteiger partial charge >= 0.3 is 0 Å². The summed E-state index contributed by atoms with van der Waals surface area (Å²) >= 11 is 0. The van der Waals surface area contributed by atoms with Gasteiger partial charge in [0.05, 0.1) is 24.9 Å². The molecule has 1 aromatic rings. The SMILES string of the molecule is CCOc1ccccc1NC(=O)CN(C)CC(C)O. The van der Waals surface area contributed by atoms with Crippen molar-refractivity contribution in [3.63, 3.8) is 0 Å².